The van der Waals surface area contributed by atoms with Gasteiger partial charge in [-0.3, -0.25) is 9.48 Å². The van der Waals surface area contributed by atoms with Gasteiger partial charge in [0.15, 0.2) is 0 Å². The summed E-state index contributed by atoms with van der Waals surface area (Å²) in [6.45, 7) is 6.78. The molecule has 1 fully saturated rings. The maximum absolute atomic E-state index is 12.1. The monoisotopic (exact) mass is 221 g/mol. The summed E-state index contributed by atoms with van der Waals surface area (Å²) in [6, 6.07) is 1.81. The van der Waals surface area contributed by atoms with E-state index >= 15 is 0 Å². The van der Waals surface area contributed by atoms with Gasteiger partial charge in [-0.2, -0.15) is 5.10 Å². The smallest absolute Gasteiger partial charge is 0.274 e. The van der Waals surface area contributed by atoms with Crippen molar-refractivity contribution in [3.63, 3.8) is 0 Å². The van der Waals surface area contributed by atoms with Crippen molar-refractivity contribution in [3.05, 3.63) is 18.0 Å². The zero-order valence-corrected chi connectivity index (χ0v) is 10.0. The minimum absolute atomic E-state index is 0.0822. The first kappa shape index (κ1) is 11.2. The van der Waals surface area contributed by atoms with Gasteiger partial charge in [0.05, 0.1) is 0 Å². The van der Waals surface area contributed by atoms with Crippen LogP contribution in [0.4, 0.5) is 0 Å². The molecular weight excluding hydrogens is 202 g/mol. The predicted molar refractivity (Wildman–Crippen MR) is 62.2 cm³/mol. The molecule has 4 nitrogen and oxygen atoms in total. The van der Waals surface area contributed by atoms with E-state index in [4.69, 9.17) is 0 Å². The summed E-state index contributed by atoms with van der Waals surface area (Å²) >= 11 is 0. The molecule has 1 amide bonds. The summed E-state index contributed by atoms with van der Waals surface area (Å²) in [4.78, 5) is 14.1. The Balaban J connectivity index is 2.06. The van der Waals surface area contributed by atoms with Crippen molar-refractivity contribution >= 4 is 5.91 Å². The summed E-state index contributed by atoms with van der Waals surface area (Å²) in [5.74, 6) is 0.699. The molecule has 1 aromatic heterocycles. The molecule has 0 aromatic carbocycles. The summed E-state index contributed by atoms with van der Waals surface area (Å²) in [6.07, 6.45) is 4.20. The van der Waals surface area contributed by atoms with Crippen LogP contribution in [0.25, 0.3) is 0 Å². The number of rotatable bonds is 2. The highest BCUT2D eigenvalue weighted by Gasteiger charge is 2.23. The van der Waals surface area contributed by atoms with Gasteiger partial charge in [0.2, 0.25) is 0 Å². The Morgan fingerprint density at radius 3 is 3.06 bits per heavy atom. The first-order valence-electron chi connectivity index (χ1n) is 6.03. The average Bonchev–Trinajstić information content (AvgIpc) is 2.76. The second-order valence-corrected chi connectivity index (χ2v) is 4.56. The molecule has 0 radical (unpaired) electrons. The van der Waals surface area contributed by atoms with Gasteiger partial charge < -0.3 is 4.90 Å². The zero-order chi connectivity index (χ0) is 11.5. The van der Waals surface area contributed by atoms with E-state index in [1.54, 1.807) is 4.68 Å². The molecule has 2 heterocycles. The molecule has 1 atom stereocenters. The van der Waals surface area contributed by atoms with Crippen LogP contribution in [0.5, 0.6) is 0 Å². The van der Waals surface area contributed by atoms with Gasteiger partial charge in [-0.15, -0.1) is 0 Å². The van der Waals surface area contributed by atoms with Gasteiger partial charge in [0, 0.05) is 25.8 Å². The van der Waals surface area contributed by atoms with E-state index in [9.17, 15) is 4.79 Å². The highest BCUT2D eigenvalue weighted by Crippen LogP contribution is 2.17. The van der Waals surface area contributed by atoms with Crippen molar-refractivity contribution in [2.75, 3.05) is 13.1 Å². The Bertz CT molecular complexity index is 372. The molecule has 4 heteroatoms. The van der Waals surface area contributed by atoms with Gasteiger partial charge in [-0.1, -0.05) is 6.92 Å². The maximum atomic E-state index is 12.1. The number of likely N-dealkylation sites (tertiary alicyclic amines) is 1. The van der Waals surface area contributed by atoms with E-state index in [-0.39, 0.29) is 5.91 Å². The van der Waals surface area contributed by atoms with Crippen LogP contribution < -0.4 is 0 Å². The molecule has 0 aliphatic carbocycles. The Morgan fingerprint density at radius 1 is 1.62 bits per heavy atom. The number of aryl methyl sites for hydroxylation is 1. The van der Waals surface area contributed by atoms with Gasteiger partial charge in [0.1, 0.15) is 5.69 Å². The van der Waals surface area contributed by atoms with Crippen molar-refractivity contribution in [1.82, 2.24) is 14.7 Å². The van der Waals surface area contributed by atoms with Crippen molar-refractivity contribution in [1.29, 1.82) is 0 Å². The van der Waals surface area contributed by atoms with Crippen LogP contribution in [0.15, 0.2) is 12.3 Å². The number of amides is 1. The Hall–Kier alpha value is -1.32. The molecule has 1 unspecified atom stereocenters. The molecule has 1 aliphatic rings. The molecule has 16 heavy (non-hydrogen) atoms. The fraction of sp³-hybridized carbons (Fsp3) is 0.667. The number of piperidine rings is 1. The van der Waals surface area contributed by atoms with Gasteiger partial charge >= 0.3 is 0 Å². The number of nitrogens with zero attached hydrogens (tertiary/aromatic N) is 3. The number of aromatic nitrogens is 2. The Labute approximate surface area is 96.2 Å². The fourth-order valence-electron chi connectivity index (χ4n) is 2.19. The largest absolute Gasteiger partial charge is 0.337 e. The lowest BCUT2D eigenvalue weighted by molar-refractivity contribution is 0.0676. The lowest BCUT2D eigenvalue weighted by Gasteiger charge is -2.30. The van der Waals surface area contributed by atoms with Gasteiger partial charge in [-0.05, 0) is 31.7 Å². The number of carbonyl (C=O) groups is 1. The van der Waals surface area contributed by atoms with Crippen LogP contribution >= 0.6 is 0 Å². The van der Waals surface area contributed by atoms with E-state index in [2.05, 4.69) is 12.0 Å². The van der Waals surface area contributed by atoms with Gasteiger partial charge in [-0.25, -0.2) is 0 Å². The van der Waals surface area contributed by atoms with Gasteiger partial charge in [0.25, 0.3) is 5.91 Å². The maximum Gasteiger partial charge on any atom is 0.274 e. The molecule has 88 valence electrons. The molecule has 0 spiro atoms. The van der Waals surface area contributed by atoms with E-state index in [0.29, 0.717) is 11.6 Å². The quantitative estimate of drug-likeness (QED) is 0.763. The molecule has 0 saturated carbocycles. The van der Waals surface area contributed by atoms with Crippen molar-refractivity contribution in [2.24, 2.45) is 5.92 Å². The number of carbonyl (C=O) groups excluding carboxylic acids is 1. The average molecular weight is 221 g/mol. The molecular formula is C12H19N3O. The summed E-state index contributed by atoms with van der Waals surface area (Å²) in [7, 11) is 0. The normalized spacial score (nSPS) is 21.1. The molecule has 1 aliphatic heterocycles. The van der Waals surface area contributed by atoms with Crippen molar-refractivity contribution < 1.29 is 4.79 Å². The molecule has 0 bridgehead atoms. The van der Waals surface area contributed by atoms with Crippen LogP contribution in [0, 0.1) is 5.92 Å². The number of hydrogen-bond donors (Lipinski definition) is 0. The first-order chi connectivity index (χ1) is 7.70. The van der Waals surface area contributed by atoms with Crippen LogP contribution in [-0.2, 0) is 6.54 Å². The first-order valence-corrected chi connectivity index (χ1v) is 6.03. The lowest BCUT2D eigenvalue weighted by atomic mass is 10.0. The zero-order valence-electron chi connectivity index (χ0n) is 10.0. The van der Waals surface area contributed by atoms with Crippen LogP contribution in [0.2, 0.25) is 0 Å². The Kier molecular flexibility index (Phi) is 3.27. The second kappa shape index (κ2) is 4.68. The topological polar surface area (TPSA) is 38.1 Å². The third-order valence-electron chi connectivity index (χ3n) is 3.13. The molecule has 0 N–H and O–H groups in total. The molecule has 1 saturated heterocycles. The second-order valence-electron chi connectivity index (χ2n) is 4.56. The van der Waals surface area contributed by atoms with E-state index < -0.39 is 0 Å². The highest BCUT2D eigenvalue weighted by atomic mass is 16.2. The van der Waals surface area contributed by atoms with Crippen molar-refractivity contribution in [3.8, 4) is 0 Å². The summed E-state index contributed by atoms with van der Waals surface area (Å²) in [5, 5.41) is 4.25. The highest BCUT2D eigenvalue weighted by molar-refractivity contribution is 5.92. The number of hydrogen-bond acceptors (Lipinski definition) is 2. The van der Waals surface area contributed by atoms with Crippen molar-refractivity contribution in [2.45, 2.75) is 33.2 Å². The fourth-order valence-corrected chi connectivity index (χ4v) is 2.19. The van der Waals surface area contributed by atoms with E-state index in [1.807, 2.05) is 24.1 Å². The summed E-state index contributed by atoms with van der Waals surface area (Å²) < 4.78 is 1.79. The van der Waals surface area contributed by atoms with E-state index in [1.165, 1.54) is 6.42 Å². The molecule has 2 rings (SSSR count). The van der Waals surface area contributed by atoms with E-state index in [0.717, 1.165) is 26.1 Å². The van der Waals surface area contributed by atoms with Crippen LogP contribution in [0.1, 0.15) is 37.2 Å². The minimum atomic E-state index is 0.0822. The Morgan fingerprint density at radius 2 is 2.44 bits per heavy atom. The lowest BCUT2D eigenvalue weighted by Crippen LogP contribution is -2.39. The standard InChI is InChI=1S/C12H19N3O/c1-3-15-8-6-11(13-15)12(16)14-7-4-5-10(2)9-14/h6,8,10H,3-5,7,9H2,1-2H3. The minimum Gasteiger partial charge on any atom is -0.337 e. The van der Waals surface area contributed by atoms with Crippen LogP contribution in [-0.4, -0.2) is 33.7 Å². The summed E-state index contributed by atoms with van der Waals surface area (Å²) in [5.41, 5.74) is 0.580. The SMILES string of the molecule is CCn1ccc(C(=O)N2CCCC(C)C2)n1. The third-order valence-corrected chi connectivity index (χ3v) is 3.13. The third kappa shape index (κ3) is 2.26. The van der Waals surface area contributed by atoms with Crippen LogP contribution in [0.3, 0.4) is 0 Å². The predicted octanol–water partition coefficient (Wildman–Crippen LogP) is 1.78. The molecule has 1 aromatic rings.